The number of carbonyl (C=O) groups excluding carboxylic acids is 1. The van der Waals surface area contributed by atoms with E-state index >= 15 is 0 Å². The van der Waals surface area contributed by atoms with Crippen LogP contribution in [0.5, 0.6) is 11.6 Å². The van der Waals surface area contributed by atoms with Crippen molar-refractivity contribution >= 4 is 16.7 Å². The molecule has 26 heavy (non-hydrogen) atoms. The zero-order chi connectivity index (χ0) is 18.8. The number of rotatable bonds is 6. The maximum Gasteiger partial charge on any atom is 0.252 e. The summed E-state index contributed by atoms with van der Waals surface area (Å²) in [7, 11) is 1.45. The molecule has 0 saturated carbocycles. The Labute approximate surface area is 150 Å². The lowest BCUT2D eigenvalue weighted by molar-refractivity contribution is 0.0703. The molecule has 1 fully saturated rings. The van der Waals surface area contributed by atoms with Crippen LogP contribution in [0.1, 0.15) is 23.7 Å². The number of nitrogens with one attached hydrogen (secondary N) is 1. The molecule has 140 valence electrons. The van der Waals surface area contributed by atoms with Crippen LogP contribution in [-0.4, -0.2) is 48.2 Å². The molecule has 1 amide bonds. The van der Waals surface area contributed by atoms with Crippen LogP contribution in [0.15, 0.2) is 24.4 Å². The van der Waals surface area contributed by atoms with Crippen molar-refractivity contribution in [1.82, 2.24) is 10.3 Å². The average Bonchev–Trinajstić information content (AvgIpc) is 2.91. The minimum absolute atomic E-state index is 0.155. The lowest BCUT2D eigenvalue weighted by Gasteiger charge is -2.19. The number of aliphatic hydroxyl groups excluding tert-OH is 1. The molecule has 1 aliphatic heterocycles. The number of amides is 1. The second-order valence-electron chi connectivity index (χ2n) is 6.30. The molecule has 4 atom stereocenters. The number of aromatic nitrogens is 1. The minimum Gasteiger partial charge on any atom is -0.496 e. The van der Waals surface area contributed by atoms with Crippen LogP contribution in [0.2, 0.25) is 0 Å². The summed E-state index contributed by atoms with van der Waals surface area (Å²) >= 11 is 0. The van der Waals surface area contributed by atoms with Gasteiger partial charge in [-0.3, -0.25) is 10.1 Å². The maximum absolute atomic E-state index is 14.0. The number of halogens is 1. The molecule has 1 aromatic carbocycles. The largest absolute Gasteiger partial charge is 0.496 e. The Morgan fingerprint density at radius 2 is 2.23 bits per heavy atom. The second kappa shape index (κ2) is 7.43. The van der Waals surface area contributed by atoms with Crippen molar-refractivity contribution in [1.29, 1.82) is 0 Å². The normalized spacial score (nSPS) is 25.4. The summed E-state index contributed by atoms with van der Waals surface area (Å²) in [6.07, 6.45) is -0.376. The van der Waals surface area contributed by atoms with E-state index in [9.17, 15) is 14.3 Å². The van der Waals surface area contributed by atoms with Gasteiger partial charge in [0.1, 0.15) is 24.8 Å². The number of fused-ring (bicyclic) bond motifs is 1. The number of benzene rings is 1. The summed E-state index contributed by atoms with van der Waals surface area (Å²) in [5.74, 6) is -0.263. The minimum atomic E-state index is -1.33. The first kappa shape index (κ1) is 18.3. The van der Waals surface area contributed by atoms with E-state index in [2.05, 4.69) is 10.3 Å². The van der Waals surface area contributed by atoms with Crippen LogP contribution in [0.4, 0.5) is 4.39 Å². The average molecular weight is 363 g/mol. The Morgan fingerprint density at radius 1 is 1.46 bits per heavy atom. The third-order valence-corrected chi connectivity index (χ3v) is 4.80. The number of alkyl halides is 1. The third-order valence-electron chi connectivity index (χ3n) is 4.80. The molecule has 0 bridgehead atoms. The number of ether oxygens (including phenoxy) is 2. The van der Waals surface area contributed by atoms with Gasteiger partial charge in [-0.2, -0.15) is 0 Å². The number of nitrogens with zero attached hydrogens (tertiary/aromatic N) is 1. The number of hydrogen-bond acceptors (Lipinski definition) is 6. The fraction of sp³-hybridized carbons (Fsp3) is 0.444. The molecule has 4 unspecified atom stereocenters. The molecule has 1 aromatic heterocycles. The van der Waals surface area contributed by atoms with Crippen molar-refractivity contribution in [2.45, 2.75) is 31.8 Å². The summed E-state index contributed by atoms with van der Waals surface area (Å²) in [4.78, 5) is 15.8. The Bertz CT molecular complexity index is 816. The first-order valence-electron chi connectivity index (χ1n) is 8.43. The van der Waals surface area contributed by atoms with E-state index in [1.807, 2.05) is 6.92 Å². The van der Waals surface area contributed by atoms with E-state index in [-0.39, 0.29) is 24.1 Å². The van der Waals surface area contributed by atoms with Crippen LogP contribution >= 0.6 is 0 Å². The predicted molar refractivity (Wildman–Crippen MR) is 93.9 cm³/mol. The fourth-order valence-corrected chi connectivity index (χ4v) is 3.39. The molecular weight excluding hydrogens is 341 g/mol. The molecule has 3 rings (SSSR count). The maximum atomic E-state index is 14.0. The highest BCUT2D eigenvalue weighted by Gasteiger charge is 2.41. The Morgan fingerprint density at radius 3 is 2.88 bits per heavy atom. The van der Waals surface area contributed by atoms with Gasteiger partial charge in [-0.25, -0.2) is 9.37 Å². The standard InChI is InChI=1S/C18H22FN3O4/c1-3-10-13(22-17(24)15(10)19)8-26-18-11-7-14(25-2)12(16(20)23)6-9(11)4-5-21-18/h4-7,10,13,15,17,22,24H,3,8H2,1-2H3,(H2,20,23). The molecule has 2 heterocycles. The van der Waals surface area contributed by atoms with Crippen LogP contribution < -0.4 is 20.5 Å². The van der Waals surface area contributed by atoms with Gasteiger partial charge < -0.3 is 20.3 Å². The summed E-state index contributed by atoms with van der Waals surface area (Å²) < 4.78 is 25.0. The van der Waals surface area contributed by atoms with Crippen LogP contribution in [-0.2, 0) is 0 Å². The smallest absolute Gasteiger partial charge is 0.252 e. The van der Waals surface area contributed by atoms with Crippen LogP contribution in [0, 0.1) is 5.92 Å². The zero-order valence-electron chi connectivity index (χ0n) is 14.6. The molecule has 0 aliphatic carbocycles. The van der Waals surface area contributed by atoms with Crippen LogP contribution in [0.3, 0.4) is 0 Å². The highest BCUT2D eigenvalue weighted by atomic mass is 19.1. The molecule has 2 aromatic rings. The number of carbonyl (C=O) groups is 1. The van der Waals surface area contributed by atoms with Gasteiger partial charge in [0.2, 0.25) is 5.88 Å². The van der Waals surface area contributed by atoms with Crippen molar-refractivity contribution in [3.8, 4) is 11.6 Å². The number of nitrogens with two attached hydrogens (primary N) is 1. The molecule has 1 saturated heterocycles. The lowest BCUT2D eigenvalue weighted by atomic mass is 9.96. The Hall–Kier alpha value is -2.45. The van der Waals surface area contributed by atoms with E-state index in [1.165, 1.54) is 7.11 Å². The van der Waals surface area contributed by atoms with Crippen molar-refractivity contribution in [3.05, 3.63) is 30.0 Å². The van der Waals surface area contributed by atoms with Gasteiger partial charge in [0, 0.05) is 23.5 Å². The van der Waals surface area contributed by atoms with Gasteiger partial charge in [0.05, 0.1) is 12.7 Å². The summed E-state index contributed by atoms with van der Waals surface area (Å²) in [6.45, 7) is 2.03. The van der Waals surface area contributed by atoms with Crippen molar-refractivity contribution in [2.24, 2.45) is 11.7 Å². The van der Waals surface area contributed by atoms with Gasteiger partial charge in [0.15, 0.2) is 0 Å². The van der Waals surface area contributed by atoms with E-state index in [4.69, 9.17) is 15.2 Å². The fourth-order valence-electron chi connectivity index (χ4n) is 3.39. The zero-order valence-corrected chi connectivity index (χ0v) is 14.6. The summed E-state index contributed by atoms with van der Waals surface area (Å²) in [5, 5.41) is 13.9. The third kappa shape index (κ3) is 3.30. The van der Waals surface area contributed by atoms with E-state index in [1.54, 1.807) is 24.4 Å². The summed E-state index contributed by atoms with van der Waals surface area (Å²) in [6, 6.07) is 4.67. The van der Waals surface area contributed by atoms with Gasteiger partial charge in [-0.1, -0.05) is 6.92 Å². The Kier molecular flexibility index (Phi) is 5.24. The number of methoxy groups -OCH3 is 1. The second-order valence-corrected chi connectivity index (χ2v) is 6.30. The molecule has 8 heteroatoms. The lowest BCUT2D eigenvalue weighted by Crippen LogP contribution is -2.36. The first-order valence-corrected chi connectivity index (χ1v) is 8.43. The topological polar surface area (TPSA) is 107 Å². The molecule has 7 nitrogen and oxygen atoms in total. The van der Waals surface area contributed by atoms with E-state index < -0.39 is 18.3 Å². The molecule has 1 aliphatic rings. The SMILES string of the molecule is CCC1C(COc2nccc3cc(C(N)=O)c(OC)cc23)NC(O)C1F. The quantitative estimate of drug-likeness (QED) is 0.716. The number of aliphatic hydroxyl groups is 1. The molecule has 4 N–H and O–H groups in total. The molecular formula is C18H22FN3O4. The van der Waals surface area contributed by atoms with E-state index in [0.717, 1.165) is 5.39 Å². The van der Waals surface area contributed by atoms with Gasteiger partial charge in [-0.05, 0) is 30.0 Å². The first-order chi connectivity index (χ1) is 12.5. The van der Waals surface area contributed by atoms with Crippen LogP contribution in [0.25, 0.3) is 10.8 Å². The van der Waals surface area contributed by atoms with E-state index in [0.29, 0.717) is 23.4 Å². The predicted octanol–water partition coefficient (Wildman–Crippen LogP) is 1.38. The number of hydrogen-bond donors (Lipinski definition) is 3. The van der Waals surface area contributed by atoms with Crippen molar-refractivity contribution < 1.29 is 23.8 Å². The van der Waals surface area contributed by atoms with Crippen molar-refractivity contribution in [3.63, 3.8) is 0 Å². The monoisotopic (exact) mass is 363 g/mol. The summed E-state index contributed by atoms with van der Waals surface area (Å²) in [5.41, 5.74) is 5.65. The molecule has 0 radical (unpaired) electrons. The number of pyridine rings is 1. The van der Waals surface area contributed by atoms with Gasteiger partial charge in [0.25, 0.3) is 5.91 Å². The Balaban J connectivity index is 1.87. The number of primary amides is 1. The highest BCUT2D eigenvalue weighted by Crippen LogP contribution is 2.32. The molecule has 0 spiro atoms. The van der Waals surface area contributed by atoms with Gasteiger partial charge in [-0.15, -0.1) is 0 Å². The highest BCUT2D eigenvalue weighted by molar-refractivity contribution is 6.01. The van der Waals surface area contributed by atoms with Gasteiger partial charge >= 0.3 is 0 Å². The van der Waals surface area contributed by atoms with Crippen molar-refractivity contribution in [2.75, 3.05) is 13.7 Å².